The van der Waals surface area contributed by atoms with Crippen LogP contribution in [0.3, 0.4) is 0 Å². The van der Waals surface area contributed by atoms with Gasteiger partial charge in [0.2, 0.25) is 5.60 Å². The Kier molecular flexibility index (Phi) is 13.0. The van der Waals surface area contributed by atoms with Crippen molar-refractivity contribution in [2.24, 2.45) is 11.3 Å². The van der Waals surface area contributed by atoms with E-state index in [9.17, 15) is 39.6 Å². The number of carbonyl (C=O) groups excluding carboxylic acids is 4. The highest BCUT2D eigenvalue weighted by Crippen LogP contribution is 2.28. The van der Waals surface area contributed by atoms with Crippen molar-refractivity contribution < 1.29 is 54.1 Å². The summed E-state index contributed by atoms with van der Waals surface area (Å²) in [5.41, 5.74) is -3.89. The number of esters is 1. The number of nitrogens with one attached hydrogen (secondary N) is 1. The third-order valence-electron chi connectivity index (χ3n) is 7.51. The first-order chi connectivity index (χ1) is 18.5. The van der Waals surface area contributed by atoms with Crippen molar-refractivity contribution in [3.63, 3.8) is 0 Å². The number of amides is 3. The Bertz CT molecular complexity index is 819. The van der Waals surface area contributed by atoms with Gasteiger partial charge in [-0.1, -0.05) is 38.5 Å². The number of hydrogen-bond donors (Lipinski definition) is 5. The van der Waals surface area contributed by atoms with Crippen LogP contribution >= 0.6 is 0 Å². The minimum absolute atomic E-state index is 0.0994. The molecular weight excluding hydrogens is 516 g/mol. The summed E-state index contributed by atoms with van der Waals surface area (Å²) < 4.78 is 5.23. The maximum Gasteiger partial charge on any atom is 0.350 e. The van der Waals surface area contributed by atoms with Gasteiger partial charge in [-0.2, -0.15) is 4.89 Å². The number of ether oxygens (including phenoxy) is 1. The molecule has 0 aromatic heterocycles. The third-order valence-corrected chi connectivity index (χ3v) is 7.51. The molecule has 2 saturated carbocycles. The fourth-order valence-corrected chi connectivity index (χ4v) is 4.59. The lowest BCUT2D eigenvalue weighted by atomic mass is 9.92. The predicted molar refractivity (Wildman–Crippen MR) is 136 cm³/mol. The highest BCUT2D eigenvalue weighted by Gasteiger charge is 2.48. The highest BCUT2D eigenvalue weighted by atomic mass is 17.2. The zero-order valence-electron chi connectivity index (χ0n) is 22.9. The van der Waals surface area contributed by atoms with Crippen LogP contribution in [0.5, 0.6) is 0 Å². The molecular formula is C26H44N2O11. The molecule has 1 unspecified atom stereocenters. The van der Waals surface area contributed by atoms with Crippen LogP contribution in [0.25, 0.3) is 0 Å². The SMILES string of the molecule is CC(CO)(CO)C(=O)OCC(C)(OOC(=O)C(CO)CO)C(=O)N(C(=O)NC1CCCCC1)C1CCCCC1. The molecule has 0 bridgehead atoms. The van der Waals surface area contributed by atoms with Crippen LogP contribution in [0.4, 0.5) is 4.79 Å². The molecule has 0 aromatic rings. The molecule has 0 radical (unpaired) electrons. The first-order valence-electron chi connectivity index (χ1n) is 13.7. The number of aliphatic hydroxyl groups is 4. The molecule has 224 valence electrons. The van der Waals surface area contributed by atoms with Crippen molar-refractivity contribution in [3.05, 3.63) is 0 Å². The van der Waals surface area contributed by atoms with Crippen molar-refractivity contribution >= 4 is 23.9 Å². The number of carbonyl (C=O) groups is 4. The normalized spacial score (nSPS) is 18.7. The molecule has 13 heteroatoms. The number of urea groups is 1. The second-order valence-corrected chi connectivity index (χ2v) is 11.0. The Morgan fingerprint density at radius 1 is 0.872 bits per heavy atom. The van der Waals surface area contributed by atoms with Crippen LogP contribution in [0.2, 0.25) is 0 Å². The molecule has 2 fully saturated rings. The van der Waals surface area contributed by atoms with Gasteiger partial charge in [-0.15, -0.1) is 0 Å². The third kappa shape index (κ3) is 8.84. The van der Waals surface area contributed by atoms with E-state index >= 15 is 0 Å². The topological polar surface area (TPSA) is 192 Å². The molecule has 2 aliphatic carbocycles. The van der Waals surface area contributed by atoms with Gasteiger partial charge >= 0.3 is 18.0 Å². The van der Waals surface area contributed by atoms with E-state index in [1.165, 1.54) is 13.8 Å². The van der Waals surface area contributed by atoms with Gasteiger partial charge in [0.25, 0.3) is 5.91 Å². The molecule has 0 heterocycles. The Hall–Kier alpha value is -2.32. The van der Waals surface area contributed by atoms with E-state index in [1.54, 1.807) is 0 Å². The van der Waals surface area contributed by atoms with E-state index < -0.39 is 79.9 Å². The molecule has 2 aliphatic rings. The summed E-state index contributed by atoms with van der Waals surface area (Å²) in [5.74, 6) is -4.47. The zero-order valence-corrected chi connectivity index (χ0v) is 22.9. The average molecular weight is 561 g/mol. The van der Waals surface area contributed by atoms with E-state index in [1.807, 2.05) is 0 Å². The van der Waals surface area contributed by atoms with Gasteiger partial charge in [0, 0.05) is 12.1 Å². The summed E-state index contributed by atoms with van der Waals surface area (Å²) in [6.45, 7) is -1.36. The van der Waals surface area contributed by atoms with Gasteiger partial charge in [0.15, 0.2) is 0 Å². The molecule has 0 aliphatic heterocycles. The van der Waals surface area contributed by atoms with E-state index in [4.69, 9.17) is 14.5 Å². The van der Waals surface area contributed by atoms with Gasteiger partial charge in [-0.05, 0) is 39.5 Å². The second kappa shape index (κ2) is 15.5. The maximum absolute atomic E-state index is 14.0. The Morgan fingerprint density at radius 2 is 1.41 bits per heavy atom. The zero-order chi connectivity index (χ0) is 29.1. The summed E-state index contributed by atoms with van der Waals surface area (Å²) in [7, 11) is 0. The molecule has 0 saturated heterocycles. The number of rotatable bonds is 13. The molecule has 3 amide bonds. The van der Waals surface area contributed by atoms with Crippen LogP contribution < -0.4 is 5.32 Å². The molecule has 1 atom stereocenters. The molecule has 5 N–H and O–H groups in total. The molecule has 2 rings (SSSR count). The van der Waals surface area contributed by atoms with E-state index in [0.717, 1.165) is 56.3 Å². The van der Waals surface area contributed by atoms with Crippen LogP contribution in [0.1, 0.15) is 78.1 Å². The van der Waals surface area contributed by atoms with Crippen LogP contribution in [0.15, 0.2) is 0 Å². The standard InChI is InChI=1S/C26H44N2O11/c1-25(15-31,16-32)23(35)37-17-26(2,39-38-21(33)18(13-29)14-30)22(34)28(20-11-7-4-8-12-20)24(36)27-19-9-5-3-6-10-19/h18-20,29-32H,3-17H2,1-2H3,(H,27,36). The summed E-state index contributed by atoms with van der Waals surface area (Å²) >= 11 is 0. The fourth-order valence-electron chi connectivity index (χ4n) is 4.59. The summed E-state index contributed by atoms with van der Waals surface area (Å²) in [6.07, 6.45) is 8.23. The molecule has 13 nitrogen and oxygen atoms in total. The van der Waals surface area contributed by atoms with Gasteiger partial charge in [0.1, 0.15) is 17.9 Å². The lowest BCUT2D eigenvalue weighted by Crippen LogP contribution is -2.61. The smallest absolute Gasteiger partial charge is 0.350 e. The van der Waals surface area contributed by atoms with Gasteiger partial charge in [0.05, 0.1) is 26.4 Å². The Balaban J connectivity index is 2.35. The number of aliphatic hydroxyl groups excluding tert-OH is 4. The second-order valence-electron chi connectivity index (χ2n) is 11.0. The van der Waals surface area contributed by atoms with Crippen molar-refractivity contribution in [2.45, 2.75) is 95.7 Å². The first kappa shape index (κ1) is 32.9. The number of imide groups is 1. The lowest BCUT2D eigenvalue weighted by molar-refractivity contribution is -0.330. The Morgan fingerprint density at radius 3 is 1.92 bits per heavy atom. The molecule has 39 heavy (non-hydrogen) atoms. The summed E-state index contributed by atoms with van der Waals surface area (Å²) in [5, 5.41) is 40.6. The number of nitrogens with zero attached hydrogens (tertiary/aromatic N) is 1. The maximum atomic E-state index is 14.0. The lowest BCUT2D eigenvalue weighted by Gasteiger charge is -2.38. The number of hydrogen-bond acceptors (Lipinski definition) is 11. The van der Waals surface area contributed by atoms with Gasteiger partial charge < -0.3 is 30.5 Å². The van der Waals surface area contributed by atoms with E-state index in [2.05, 4.69) is 5.32 Å². The minimum Gasteiger partial charge on any atom is -0.461 e. The van der Waals surface area contributed by atoms with E-state index in [-0.39, 0.29) is 6.04 Å². The van der Waals surface area contributed by atoms with Crippen molar-refractivity contribution in [3.8, 4) is 0 Å². The largest absolute Gasteiger partial charge is 0.461 e. The van der Waals surface area contributed by atoms with Crippen LogP contribution in [-0.4, -0.2) is 99.9 Å². The van der Waals surface area contributed by atoms with E-state index in [0.29, 0.717) is 12.8 Å². The highest BCUT2D eigenvalue weighted by molar-refractivity contribution is 5.99. The summed E-state index contributed by atoms with van der Waals surface area (Å²) in [4.78, 5) is 63.5. The van der Waals surface area contributed by atoms with Gasteiger partial charge in [-0.25, -0.2) is 9.59 Å². The monoisotopic (exact) mass is 560 g/mol. The van der Waals surface area contributed by atoms with Gasteiger partial charge in [-0.3, -0.25) is 19.4 Å². The quantitative estimate of drug-likeness (QED) is 0.120. The fraction of sp³-hybridized carbons (Fsp3) is 0.846. The van der Waals surface area contributed by atoms with Crippen molar-refractivity contribution in [1.82, 2.24) is 10.2 Å². The molecule has 0 aromatic carbocycles. The first-order valence-corrected chi connectivity index (χ1v) is 13.7. The van der Waals surface area contributed by atoms with Crippen LogP contribution in [-0.2, 0) is 28.9 Å². The minimum atomic E-state index is -2.21. The summed E-state index contributed by atoms with van der Waals surface area (Å²) in [6, 6.07) is -1.19. The molecule has 0 spiro atoms. The predicted octanol–water partition coefficient (Wildman–Crippen LogP) is 0.558. The average Bonchev–Trinajstić information content (AvgIpc) is 2.96. The van der Waals surface area contributed by atoms with Crippen molar-refractivity contribution in [1.29, 1.82) is 0 Å². The van der Waals surface area contributed by atoms with Crippen LogP contribution in [0, 0.1) is 11.3 Å². The Labute approximate surface area is 228 Å². The van der Waals surface area contributed by atoms with Crippen molar-refractivity contribution in [2.75, 3.05) is 33.0 Å².